The third-order valence-corrected chi connectivity index (χ3v) is 2.42. The Balaban J connectivity index is 2.05. The van der Waals surface area contributed by atoms with Crippen molar-refractivity contribution < 1.29 is 4.42 Å². The Hall–Kier alpha value is -1.62. The second kappa shape index (κ2) is 4.94. The molecule has 2 heterocycles. The van der Waals surface area contributed by atoms with E-state index in [1.165, 1.54) is 11.9 Å². The average molecular weight is 220 g/mol. The van der Waals surface area contributed by atoms with E-state index in [0.29, 0.717) is 6.54 Å². The molecule has 0 aliphatic carbocycles. The first-order chi connectivity index (χ1) is 7.79. The van der Waals surface area contributed by atoms with E-state index in [9.17, 15) is 0 Å². The van der Waals surface area contributed by atoms with E-state index in [1.54, 1.807) is 11.0 Å². The largest absolute Gasteiger partial charge is 0.464 e. The van der Waals surface area contributed by atoms with Gasteiger partial charge in [0, 0.05) is 12.1 Å². The highest BCUT2D eigenvalue weighted by atomic mass is 16.3. The fraction of sp³-hybridized carbons (Fsp3) is 0.455. The number of aryl methyl sites for hydroxylation is 1. The Morgan fingerprint density at radius 2 is 2.38 bits per heavy atom. The van der Waals surface area contributed by atoms with Gasteiger partial charge in [0.1, 0.15) is 30.7 Å². The monoisotopic (exact) mass is 220 g/mol. The number of aromatic nitrogens is 3. The van der Waals surface area contributed by atoms with E-state index in [-0.39, 0.29) is 0 Å². The maximum Gasteiger partial charge on any atom is 0.137 e. The zero-order valence-corrected chi connectivity index (χ0v) is 9.60. The molecule has 5 heteroatoms. The van der Waals surface area contributed by atoms with Crippen LogP contribution in [0.4, 0.5) is 0 Å². The van der Waals surface area contributed by atoms with Gasteiger partial charge in [0.2, 0.25) is 0 Å². The van der Waals surface area contributed by atoms with Crippen molar-refractivity contribution in [3.05, 3.63) is 35.8 Å². The predicted molar refractivity (Wildman–Crippen MR) is 59.9 cm³/mol. The molecule has 0 amide bonds. The van der Waals surface area contributed by atoms with Gasteiger partial charge >= 0.3 is 0 Å². The van der Waals surface area contributed by atoms with Gasteiger partial charge in [-0.1, -0.05) is 6.92 Å². The molecule has 0 aromatic carbocycles. The molecule has 0 spiro atoms. The van der Waals surface area contributed by atoms with Crippen LogP contribution in [0.5, 0.6) is 0 Å². The predicted octanol–water partition coefficient (Wildman–Crippen LogP) is 1.34. The summed E-state index contributed by atoms with van der Waals surface area (Å²) in [6, 6.07) is 2.07. The molecular formula is C11H16N4O. The van der Waals surface area contributed by atoms with Crippen molar-refractivity contribution in [3.63, 3.8) is 0 Å². The Bertz CT molecular complexity index is 433. The number of nitrogens with zero attached hydrogens (tertiary/aromatic N) is 3. The molecule has 5 nitrogen and oxygen atoms in total. The number of hydrogen-bond acceptors (Lipinski definition) is 4. The van der Waals surface area contributed by atoms with Crippen LogP contribution < -0.4 is 5.32 Å². The lowest BCUT2D eigenvalue weighted by Gasteiger charge is -1.97. The van der Waals surface area contributed by atoms with Crippen molar-refractivity contribution in [2.45, 2.75) is 26.9 Å². The molecule has 86 valence electrons. The number of rotatable bonds is 5. The second-order valence-electron chi connectivity index (χ2n) is 3.67. The first kappa shape index (κ1) is 10.9. The smallest absolute Gasteiger partial charge is 0.137 e. The van der Waals surface area contributed by atoms with Crippen LogP contribution >= 0.6 is 0 Å². The van der Waals surface area contributed by atoms with Gasteiger partial charge < -0.3 is 9.73 Å². The van der Waals surface area contributed by atoms with Crippen molar-refractivity contribution in [1.82, 2.24) is 20.1 Å². The van der Waals surface area contributed by atoms with Crippen molar-refractivity contribution in [2.75, 3.05) is 6.54 Å². The van der Waals surface area contributed by atoms with Gasteiger partial charge in [-0.05, 0) is 19.5 Å². The number of nitrogens with one attached hydrogen (secondary N) is 1. The molecule has 2 aromatic rings. The van der Waals surface area contributed by atoms with E-state index in [2.05, 4.69) is 28.4 Å². The molecular weight excluding hydrogens is 204 g/mol. The summed E-state index contributed by atoms with van der Waals surface area (Å²) in [6.07, 6.45) is 3.21. The molecule has 0 bridgehead atoms. The van der Waals surface area contributed by atoms with Gasteiger partial charge in [0.25, 0.3) is 0 Å². The molecule has 2 rings (SSSR count). The molecule has 2 aromatic heterocycles. The molecule has 0 fully saturated rings. The zero-order valence-electron chi connectivity index (χ0n) is 9.60. The fourth-order valence-electron chi connectivity index (χ4n) is 1.57. The lowest BCUT2D eigenvalue weighted by molar-refractivity contribution is 0.456. The highest BCUT2D eigenvalue weighted by molar-refractivity contribution is 5.20. The SMILES string of the molecule is CCNCc1cc(Cn2cncn2)oc1C. The Kier molecular flexibility index (Phi) is 3.36. The summed E-state index contributed by atoms with van der Waals surface area (Å²) in [7, 11) is 0. The maximum atomic E-state index is 5.66. The van der Waals surface area contributed by atoms with Crippen molar-refractivity contribution in [3.8, 4) is 0 Å². The van der Waals surface area contributed by atoms with Crippen molar-refractivity contribution in [1.29, 1.82) is 0 Å². The fourth-order valence-corrected chi connectivity index (χ4v) is 1.57. The summed E-state index contributed by atoms with van der Waals surface area (Å²) in [5, 5.41) is 7.33. The van der Waals surface area contributed by atoms with Crippen LogP contribution in [-0.2, 0) is 13.1 Å². The molecule has 0 saturated carbocycles. The quantitative estimate of drug-likeness (QED) is 0.826. The first-order valence-electron chi connectivity index (χ1n) is 5.41. The van der Waals surface area contributed by atoms with Crippen LogP contribution in [0.15, 0.2) is 23.1 Å². The summed E-state index contributed by atoms with van der Waals surface area (Å²) in [5.74, 6) is 1.88. The lowest BCUT2D eigenvalue weighted by Crippen LogP contribution is -2.11. The zero-order chi connectivity index (χ0) is 11.4. The molecule has 0 aliphatic heterocycles. The maximum absolute atomic E-state index is 5.66. The van der Waals surface area contributed by atoms with Crippen LogP contribution in [-0.4, -0.2) is 21.3 Å². The van der Waals surface area contributed by atoms with Crippen LogP contribution in [0.25, 0.3) is 0 Å². The topological polar surface area (TPSA) is 55.9 Å². The van der Waals surface area contributed by atoms with Gasteiger partial charge in [0.15, 0.2) is 0 Å². The standard InChI is InChI=1S/C11H16N4O/c1-3-12-5-10-4-11(16-9(10)2)6-15-8-13-7-14-15/h4,7-8,12H,3,5-6H2,1-2H3. The van der Waals surface area contributed by atoms with Gasteiger partial charge in [-0.2, -0.15) is 5.10 Å². The molecule has 16 heavy (non-hydrogen) atoms. The summed E-state index contributed by atoms with van der Waals surface area (Å²) in [6.45, 7) is 6.52. The molecule has 0 atom stereocenters. The van der Waals surface area contributed by atoms with Gasteiger partial charge in [-0.15, -0.1) is 0 Å². The van der Waals surface area contributed by atoms with Gasteiger partial charge in [0.05, 0.1) is 0 Å². The number of furan rings is 1. The minimum atomic E-state index is 0.632. The highest BCUT2D eigenvalue weighted by Gasteiger charge is 2.07. The third kappa shape index (κ3) is 2.49. The average Bonchev–Trinajstić information content (AvgIpc) is 2.86. The van der Waals surface area contributed by atoms with E-state index < -0.39 is 0 Å². The summed E-state index contributed by atoms with van der Waals surface area (Å²) < 4.78 is 7.40. The summed E-state index contributed by atoms with van der Waals surface area (Å²) in [5.41, 5.74) is 1.21. The highest BCUT2D eigenvalue weighted by Crippen LogP contribution is 2.15. The summed E-state index contributed by atoms with van der Waals surface area (Å²) in [4.78, 5) is 3.90. The van der Waals surface area contributed by atoms with E-state index in [0.717, 1.165) is 24.6 Å². The Morgan fingerprint density at radius 1 is 1.50 bits per heavy atom. The minimum Gasteiger partial charge on any atom is -0.464 e. The van der Waals surface area contributed by atoms with Gasteiger partial charge in [-0.3, -0.25) is 0 Å². The van der Waals surface area contributed by atoms with Crippen LogP contribution in [0.2, 0.25) is 0 Å². The van der Waals surface area contributed by atoms with E-state index in [4.69, 9.17) is 4.42 Å². The van der Waals surface area contributed by atoms with E-state index >= 15 is 0 Å². The molecule has 0 aliphatic rings. The first-order valence-corrected chi connectivity index (χ1v) is 5.41. The normalized spacial score (nSPS) is 10.9. The molecule has 1 N–H and O–H groups in total. The third-order valence-electron chi connectivity index (χ3n) is 2.42. The number of hydrogen-bond donors (Lipinski definition) is 1. The molecule has 0 unspecified atom stereocenters. The Labute approximate surface area is 94.5 Å². The van der Waals surface area contributed by atoms with Crippen molar-refractivity contribution >= 4 is 0 Å². The Morgan fingerprint density at radius 3 is 3.06 bits per heavy atom. The summed E-state index contributed by atoms with van der Waals surface area (Å²) >= 11 is 0. The minimum absolute atomic E-state index is 0.632. The van der Waals surface area contributed by atoms with Crippen molar-refractivity contribution in [2.24, 2.45) is 0 Å². The molecule has 0 radical (unpaired) electrons. The second-order valence-corrected chi connectivity index (χ2v) is 3.67. The van der Waals surface area contributed by atoms with Crippen LogP contribution in [0.1, 0.15) is 24.0 Å². The van der Waals surface area contributed by atoms with Gasteiger partial charge in [-0.25, -0.2) is 9.67 Å². The molecule has 0 saturated heterocycles. The van der Waals surface area contributed by atoms with Crippen LogP contribution in [0.3, 0.4) is 0 Å². The lowest BCUT2D eigenvalue weighted by atomic mass is 10.2. The van der Waals surface area contributed by atoms with E-state index in [1.807, 2.05) is 6.92 Å². The van der Waals surface area contributed by atoms with Crippen LogP contribution in [0, 0.1) is 6.92 Å².